The SMILES string of the molecule is COc1ccc(NC(=O)N(Cc2cccn2C)C(C)C)cc1. The quantitative estimate of drug-likeness (QED) is 0.919. The Labute approximate surface area is 131 Å². The molecule has 118 valence electrons. The van der Waals surface area contributed by atoms with Crippen LogP contribution in [0, 0.1) is 0 Å². The fourth-order valence-electron chi connectivity index (χ4n) is 2.19. The molecule has 0 atom stereocenters. The molecule has 0 unspecified atom stereocenters. The summed E-state index contributed by atoms with van der Waals surface area (Å²) in [4.78, 5) is 14.3. The molecule has 2 rings (SSSR count). The second kappa shape index (κ2) is 7.02. The average Bonchev–Trinajstić information content (AvgIpc) is 2.90. The van der Waals surface area contributed by atoms with E-state index in [1.807, 2.05) is 68.1 Å². The van der Waals surface area contributed by atoms with Crippen molar-refractivity contribution in [1.29, 1.82) is 0 Å². The molecule has 5 nitrogen and oxygen atoms in total. The van der Waals surface area contributed by atoms with Crippen molar-refractivity contribution in [3.05, 3.63) is 48.3 Å². The number of aryl methyl sites for hydroxylation is 1. The second-order valence-corrected chi connectivity index (χ2v) is 5.49. The Bertz CT molecular complexity index is 617. The number of hydrogen-bond donors (Lipinski definition) is 1. The molecule has 1 aromatic carbocycles. The third-order valence-corrected chi connectivity index (χ3v) is 3.61. The Morgan fingerprint density at radius 2 is 1.95 bits per heavy atom. The van der Waals surface area contributed by atoms with Gasteiger partial charge in [0.05, 0.1) is 13.7 Å². The number of nitrogens with zero attached hydrogens (tertiary/aromatic N) is 2. The van der Waals surface area contributed by atoms with Gasteiger partial charge in [0.2, 0.25) is 0 Å². The topological polar surface area (TPSA) is 46.5 Å². The Morgan fingerprint density at radius 1 is 1.27 bits per heavy atom. The lowest BCUT2D eigenvalue weighted by Crippen LogP contribution is -2.39. The number of urea groups is 1. The summed E-state index contributed by atoms with van der Waals surface area (Å²) < 4.78 is 7.14. The zero-order valence-electron chi connectivity index (χ0n) is 13.5. The first-order valence-corrected chi connectivity index (χ1v) is 7.33. The Kier molecular flexibility index (Phi) is 5.09. The highest BCUT2D eigenvalue weighted by atomic mass is 16.5. The van der Waals surface area contributed by atoms with Crippen molar-refractivity contribution in [3.63, 3.8) is 0 Å². The Morgan fingerprint density at radius 3 is 2.45 bits per heavy atom. The van der Waals surface area contributed by atoms with Crippen molar-refractivity contribution in [2.24, 2.45) is 7.05 Å². The summed E-state index contributed by atoms with van der Waals surface area (Å²) in [6.45, 7) is 4.59. The van der Waals surface area contributed by atoms with Crippen LogP contribution in [0.1, 0.15) is 19.5 Å². The van der Waals surface area contributed by atoms with E-state index in [-0.39, 0.29) is 12.1 Å². The van der Waals surface area contributed by atoms with Crippen LogP contribution in [-0.2, 0) is 13.6 Å². The van der Waals surface area contributed by atoms with Gasteiger partial charge in [-0.1, -0.05) is 0 Å². The smallest absolute Gasteiger partial charge is 0.322 e. The number of hydrogen-bond acceptors (Lipinski definition) is 2. The highest BCUT2D eigenvalue weighted by Crippen LogP contribution is 2.17. The first-order chi connectivity index (χ1) is 10.5. The molecule has 0 aliphatic carbocycles. The molecule has 5 heteroatoms. The second-order valence-electron chi connectivity index (χ2n) is 5.49. The van der Waals surface area contributed by atoms with Gasteiger partial charge in [0, 0.05) is 30.7 Å². The van der Waals surface area contributed by atoms with Crippen LogP contribution < -0.4 is 10.1 Å². The molecule has 0 fully saturated rings. The predicted octanol–water partition coefficient (Wildman–Crippen LogP) is 3.48. The lowest BCUT2D eigenvalue weighted by Gasteiger charge is -2.27. The monoisotopic (exact) mass is 301 g/mol. The Balaban J connectivity index is 2.07. The van der Waals surface area contributed by atoms with Gasteiger partial charge in [-0.05, 0) is 50.2 Å². The molecule has 0 radical (unpaired) electrons. The number of aromatic nitrogens is 1. The van der Waals surface area contributed by atoms with Crippen LogP contribution in [0.15, 0.2) is 42.6 Å². The van der Waals surface area contributed by atoms with E-state index >= 15 is 0 Å². The van der Waals surface area contributed by atoms with Crippen LogP contribution in [0.2, 0.25) is 0 Å². The lowest BCUT2D eigenvalue weighted by molar-refractivity contribution is 0.192. The Hall–Kier alpha value is -2.43. The van der Waals surface area contributed by atoms with Gasteiger partial charge in [-0.15, -0.1) is 0 Å². The predicted molar refractivity (Wildman–Crippen MR) is 88.1 cm³/mol. The maximum Gasteiger partial charge on any atom is 0.322 e. The van der Waals surface area contributed by atoms with Crippen LogP contribution in [0.4, 0.5) is 10.5 Å². The van der Waals surface area contributed by atoms with Crippen molar-refractivity contribution in [3.8, 4) is 5.75 Å². The van der Waals surface area contributed by atoms with Crippen LogP contribution in [0.3, 0.4) is 0 Å². The highest BCUT2D eigenvalue weighted by Gasteiger charge is 2.18. The molecular weight excluding hydrogens is 278 g/mol. The largest absolute Gasteiger partial charge is 0.497 e. The van der Waals surface area contributed by atoms with E-state index in [2.05, 4.69) is 5.32 Å². The van der Waals surface area contributed by atoms with E-state index in [9.17, 15) is 4.79 Å². The number of nitrogens with one attached hydrogen (secondary N) is 1. The fraction of sp³-hybridized carbons (Fsp3) is 0.353. The van der Waals surface area contributed by atoms with E-state index in [4.69, 9.17) is 4.74 Å². The summed E-state index contributed by atoms with van der Waals surface area (Å²) in [5.74, 6) is 0.766. The van der Waals surface area contributed by atoms with Gasteiger partial charge in [-0.3, -0.25) is 0 Å². The maximum absolute atomic E-state index is 12.5. The average molecular weight is 301 g/mol. The maximum atomic E-state index is 12.5. The summed E-state index contributed by atoms with van der Waals surface area (Å²) in [7, 11) is 3.60. The number of ether oxygens (including phenoxy) is 1. The van der Waals surface area contributed by atoms with Crippen molar-refractivity contribution in [2.75, 3.05) is 12.4 Å². The number of anilines is 1. The number of carbonyl (C=O) groups excluding carboxylic acids is 1. The zero-order chi connectivity index (χ0) is 16.1. The van der Waals surface area contributed by atoms with Crippen LogP contribution in [0.25, 0.3) is 0 Å². The van der Waals surface area contributed by atoms with Gasteiger partial charge >= 0.3 is 6.03 Å². The third kappa shape index (κ3) is 3.81. The van der Waals surface area contributed by atoms with Crippen molar-refractivity contribution >= 4 is 11.7 Å². The van der Waals surface area contributed by atoms with Gasteiger partial charge in [0.1, 0.15) is 5.75 Å². The fourth-order valence-corrected chi connectivity index (χ4v) is 2.19. The van der Waals surface area contributed by atoms with E-state index < -0.39 is 0 Å². The number of rotatable bonds is 5. The van der Waals surface area contributed by atoms with Crippen LogP contribution >= 0.6 is 0 Å². The van der Waals surface area contributed by atoms with E-state index in [1.54, 1.807) is 12.0 Å². The van der Waals surface area contributed by atoms with Crippen molar-refractivity contribution in [2.45, 2.75) is 26.4 Å². The summed E-state index contributed by atoms with van der Waals surface area (Å²) in [5, 5.41) is 2.93. The summed E-state index contributed by atoms with van der Waals surface area (Å²) >= 11 is 0. The molecule has 1 heterocycles. The number of carbonyl (C=O) groups is 1. The van der Waals surface area contributed by atoms with Crippen molar-refractivity contribution < 1.29 is 9.53 Å². The molecule has 2 aromatic rings. The van der Waals surface area contributed by atoms with Gasteiger partial charge in [-0.25, -0.2) is 4.79 Å². The molecular formula is C17H23N3O2. The van der Waals surface area contributed by atoms with Gasteiger partial charge < -0.3 is 19.5 Å². The van der Waals surface area contributed by atoms with E-state index in [0.717, 1.165) is 17.1 Å². The van der Waals surface area contributed by atoms with E-state index in [0.29, 0.717) is 6.54 Å². The summed E-state index contributed by atoms with van der Waals surface area (Å²) in [5.41, 5.74) is 1.85. The van der Waals surface area contributed by atoms with Gasteiger partial charge in [0.25, 0.3) is 0 Å². The third-order valence-electron chi connectivity index (χ3n) is 3.61. The molecule has 0 spiro atoms. The number of methoxy groups -OCH3 is 1. The molecule has 1 aromatic heterocycles. The summed E-state index contributed by atoms with van der Waals surface area (Å²) in [6.07, 6.45) is 1.98. The molecule has 0 saturated carbocycles. The van der Waals surface area contributed by atoms with Crippen LogP contribution in [-0.4, -0.2) is 28.6 Å². The van der Waals surface area contributed by atoms with Gasteiger partial charge in [-0.2, -0.15) is 0 Å². The van der Waals surface area contributed by atoms with Gasteiger partial charge in [0.15, 0.2) is 0 Å². The molecule has 0 aliphatic rings. The lowest BCUT2D eigenvalue weighted by atomic mass is 10.3. The summed E-state index contributed by atoms with van der Waals surface area (Å²) in [6, 6.07) is 11.3. The minimum absolute atomic E-state index is 0.105. The standard InChI is InChI=1S/C17H23N3O2/c1-13(2)20(12-15-6-5-11-19(15)3)17(21)18-14-7-9-16(22-4)10-8-14/h5-11,13H,12H2,1-4H3,(H,18,21). The first kappa shape index (κ1) is 15.9. The molecule has 22 heavy (non-hydrogen) atoms. The number of amides is 2. The first-order valence-electron chi connectivity index (χ1n) is 7.33. The molecule has 0 bridgehead atoms. The molecule has 0 aliphatic heterocycles. The normalized spacial score (nSPS) is 10.6. The molecule has 1 N–H and O–H groups in total. The molecule has 2 amide bonds. The number of benzene rings is 1. The molecule has 0 saturated heterocycles. The zero-order valence-corrected chi connectivity index (χ0v) is 13.5. The minimum Gasteiger partial charge on any atom is -0.497 e. The van der Waals surface area contributed by atoms with E-state index in [1.165, 1.54) is 0 Å². The minimum atomic E-state index is -0.110. The highest BCUT2D eigenvalue weighted by molar-refractivity contribution is 5.89. The van der Waals surface area contributed by atoms with Crippen molar-refractivity contribution in [1.82, 2.24) is 9.47 Å². The van der Waals surface area contributed by atoms with Crippen LogP contribution in [0.5, 0.6) is 5.75 Å².